The van der Waals surface area contributed by atoms with Crippen LogP contribution in [0.1, 0.15) is 10.4 Å². The zero-order valence-electron chi connectivity index (χ0n) is 14.4. The summed E-state index contributed by atoms with van der Waals surface area (Å²) in [6.07, 6.45) is 0. The summed E-state index contributed by atoms with van der Waals surface area (Å²) in [5.41, 5.74) is 1.25. The molecule has 2 N–H and O–H groups in total. The van der Waals surface area contributed by atoms with Crippen LogP contribution >= 0.6 is 12.2 Å². The van der Waals surface area contributed by atoms with Gasteiger partial charge in [0.15, 0.2) is 5.11 Å². The molecule has 0 bridgehead atoms. The molecular weight excluding hydrogens is 368 g/mol. The van der Waals surface area contributed by atoms with E-state index >= 15 is 0 Å². The average Bonchev–Trinajstić information content (AvgIpc) is 2.68. The minimum absolute atomic E-state index is 0.117. The predicted molar refractivity (Wildman–Crippen MR) is 106 cm³/mol. The molecule has 2 aromatic rings. The molecule has 1 saturated heterocycles. The maximum atomic E-state index is 12.4. The highest BCUT2D eigenvalue weighted by Crippen LogP contribution is 2.29. The molecule has 0 saturated carbocycles. The number of anilines is 2. The molecule has 1 heterocycles. The standard InChI is InChI=1S/C18H18N4O4S/c23-17(20-18(27)19-14-4-2-1-3-5-14)13-6-7-15(16(12-13)22(24)25)21-8-10-26-11-9-21/h1-7,12H,8-11H2,(H2,19,20,23,27). The van der Waals surface area contributed by atoms with E-state index < -0.39 is 10.8 Å². The van der Waals surface area contributed by atoms with Crippen LogP contribution in [0, 0.1) is 10.1 Å². The number of hydrogen-bond donors (Lipinski definition) is 2. The summed E-state index contributed by atoms with van der Waals surface area (Å²) in [6.45, 7) is 2.16. The first-order valence-electron chi connectivity index (χ1n) is 8.33. The molecule has 27 heavy (non-hydrogen) atoms. The maximum absolute atomic E-state index is 12.4. The van der Waals surface area contributed by atoms with Crippen LogP contribution in [0.4, 0.5) is 17.1 Å². The average molecular weight is 386 g/mol. The molecule has 0 aromatic heterocycles. The van der Waals surface area contributed by atoms with E-state index in [4.69, 9.17) is 17.0 Å². The zero-order valence-corrected chi connectivity index (χ0v) is 15.2. The monoisotopic (exact) mass is 386 g/mol. The Labute approximate surface area is 161 Å². The fraction of sp³-hybridized carbons (Fsp3) is 0.222. The molecule has 0 unspecified atom stereocenters. The lowest BCUT2D eigenvalue weighted by Gasteiger charge is -2.28. The van der Waals surface area contributed by atoms with Crippen molar-refractivity contribution in [2.75, 3.05) is 36.5 Å². The second-order valence-corrected chi connectivity index (χ2v) is 6.24. The first kappa shape index (κ1) is 18.7. The summed E-state index contributed by atoms with van der Waals surface area (Å²) in [6, 6.07) is 13.6. The van der Waals surface area contributed by atoms with Gasteiger partial charge in [0.05, 0.1) is 18.1 Å². The molecule has 2 aromatic carbocycles. The van der Waals surface area contributed by atoms with Crippen LogP contribution in [0.2, 0.25) is 0 Å². The van der Waals surface area contributed by atoms with Crippen LogP contribution in [0.15, 0.2) is 48.5 Å². The van der Waals surface area contributed by atoms with Gasteiger partial charge in [0.25, 0.3) is 11.6 Å². The number of nitro groups is 1. The van der Waals surface area contributed by atoms with Crippen molar-refractivity contribution >= 4 is 40.3 Å². The van der Waals surface area contributed by atoms with Gasteiger partial charge in [-0.2, -0.15) is 0 Å². The van der Waals surface area contributed by atoms with Gasteiger partial charge in [-0.25, -0.2) is 0 Å². The summed E-state index contributed by atoms with van der Waals surface area (Å²) < 4.78 is 5.28. The minimum Gasteiger partial charge on any atom is -0.378 e. The number of ether oxygens (including phenoxy) is 1. The van der Waals surface area contributed by atoms with Crippen molar-refractivity contribution in [1.82, 2.24) is 5.32 Å². The van der Waals surface area contributed by atoms with Crippen LogP contribution in [-0.4, -0.2) is 42.2 Å². The number of hydrogen-bond acceptors (Lipinski definition) is 6. The highest BCUT2D eigenvalue weighted by atomic mass is 32.1. The molecule has 1 fully saturated rings. The fourth-order valence-corrected chi connectivity index (χ4v) is 2.95. The van der Waals surface area contributed by atoms with E-state index in [2.05, 4.69) is 10.6 Å². The summed E-state index contributed by atoms with van der Waals surface area (Å²) >= 11 is 5.13. The number of benzene rings is 2. The minimum atomic E-state index is -0.514. The Morgan fingerprint density at radius 3 is 2.52 bits per heavy atom. The Bertz CT molecular complexity index is 854. The maximum Gasteiger partial charge on any atom is 0.293 e. The number of carbonyl (C=O) groups excluding carboxylic acids is 1. The Balaban J connectivity index is 1.73. The van der Waals surface area contributed by atoms with E-state index in [9.17, 15) is 14.9 Å². The molecular formula is C18H18N4O4S. The molecule has 0 atom stereocenters. The smallest absolute Gasteiger partial charge is 0.293 e. The molecule has 140 valence electrons. The SMILES string of the molecule is O=C(NC(=S)Nc1ccccc1)c1ccc(N2CCOCC2)c([N+](=O)[O-])c1. The zero-order chi connectivity index (χ0) is 19.2. The van der Waals surface area contributed by atoms with Crippen LogP contribution in [0.3, 0.4) is 0 Å². The van der Waals surface area contributed by atoms with Crippen LogP contribution in [-0.2, 0) is 4.74 Å². The molecule has 0 aliphatic carbocycles. The van der Waals surface area contributed by atoms with E-state index in [1.165, 1.54) is 6.07 Å². The molecule has 3 rings (SSSR count). The number of para-hydroxylation sites is 1. The normalized spacial score (nSPS) is 13.7. The summed E-state index contributed by atoms with van der Waals surface area (Å²) in [7, 11) is 0. The van der Waals surface area contributed by atoms with Crippen molar-refractivity contribution in [2.45, 2.75) is 0 Å². The molecule has 1 aliphatic heterocycles. The number of nitrogens with one attached hydrogen (secondary N) is 2. The molecule has 0 spiro atoms. The van der Waals surface area contributed by atoms with Gasteiger partial charge in [-0.3, -0.25) is 20.2 Å². The highest BCUT2D eigenvalue weighted by Gasteiger charge is 2.23. The molecule has 1 aliphatic rings. The largest absolute Gasteiger partial charge is 0.378 e. The van der Waals surface area contributed by atoms with Crippen LogP contribution in [0.25, 0.3) is 0 Å². The first-order chi connectivity index (χ1) is 13.0. The van der Waals surface area contributed by atoms with Gasteiger partial charge in [0, 0.05) is 30.4 Å². The van der Waals surface area contributed by atoms with Gasteiger partial charge in [0.1, 0.15) is 5.69 Å². The van der Waals surface area contributed by atoms with Gasteiger partial charge >= 0.3 is 0 Å². The summed E-state index contributed by atoms with van der Waals surface area (Å²) in [5.74, 6) is -0.514. The van der Waals surface area contributed by atoms with Gasteiger partial charge in [-0.1, -0.05) is 18.2 Å². The Hall–Kier alpha value is -3.04. The molecule has 8 nitrogen and oxygen atoms in total. The quantitative estimate of drug-likeness (QED) is 0.473. The Morgan fingerprint density at radius 1 is 1.15 bits per heavy atom. The summed E-state index contributed by atoms with van der Waals surface area (Å²) in [4.78, 5) is 25.3. The third kappa shape index (κ3) is 4.78. The van der Waals surface area contributed by atoms with E-state index in [1.54, 1.807) is 24.3 Å². The number of nitrogens with zero attached hydrogens (tertiary/aromatic N) is 2. The topological polar surface area (TPSA) is 96.7 Å². The number of nitro benzene ring substituents is 1. The van der Waals surface area contributed by atoms with Gasteiger partial charge in [-0.05, 0) is 36.5 Å². The number of rotatable bonds is 4. The van der Waals surface area contributed by atoms with Crippen LogP contribution in [0.5, 0.6) is 0 Å². The lowest BCUT2D eigenvalue weighted by Crippen LogP contribution is -2.37. The lowest BCUT2D eigenvalue weighted by atomic mass is 10.1. The summed E-state index contributed by atoms with van der Waals surface area (Å²) in [5, 5.41) is 17.0. The third-order valence-electron chi connectivity index (χ3n) is 4.04. The van der Waals surface area contributed by atoms with E-state index in [0.717, 1.165) is 5.69 Å². The van der Waals surface area contributed by atoms with Crippen molar-refractivity contribution in [3.63, 3.8) is 0 Å². The number of amides is 1. The second kappa shape index (κ2) is 8.56. The molecule has 1 amide bonds. The van der Waals surface area contributed by atoms with Gasteiger partial charge in [0.2, 0.25) is 0 Å². The molecule has 0 radical (unpaired) electrons. The fourth-order valence-electron chi connectivity index (χ4n) is 2.74. The highest BCUT2D eigenvalue weighted by molar-refractivity contribution is 7.80. The van der Waals surface area contributed by atoms with Crippen molar-refractivity contribution < 1.29 is 14.5 Å². The van der Waals surface area contributed by atoms with Crippen LogP contribution < -0.4 is 15.5 Å². The van der Waals surface area contributed by atoms with Gasteiger partial charge < -0.3 is 15.0 Å². The van der Waals surface area contributed by atoms with E-state index in [-0.39, 0.29) is 16.4 Å². The Kier molecular flexibility index (Phi) is 5.94. The lowest BCUT2D eigenvalue weighted by molar-refractivity contribution is -0.384. The Morgan fingerprint density at radius 2 is 1.85 bits per heavy atom. The second-order valence-electron chi connectivity index (χ2n) is 5.83. The molecule has 9 heteroatoms. The first-order valence-corrected chi connectivity index (χ1v) is 8.74. The van der Waals surface area contributed by atoms with E-state index in [0.29, 0.717) is 32.0 Å². The van der Waals surface area contributed by atoms with Gasteiger partial charge in [-0.15, -0.1) is 0 Å². The third-order valence-corrected chi connectivity index (χ3v) is 4.25. The van der Waals surface area contributed by atoms with Crippen molar-refractivity contribution in [3.8, 4) is 0 Å². The predicted octanol–water partition coefficient (Wildman–Crippen LogP) is 2.56. The van der Waals surface area contributed by atoms with E-state index in [1.807, 2.05) is 23.1 Å². The van der Waals surface area contributed by atoms with Crippen molar-refractivity contribution in [3.05, 3.63) is 64.2 Å². The number of carbonyl (C=O) groups is 1. The van der Waals surface area contributed by atoms with Crippen molar-refractivity contribution in [1.29, 1.82) is 0 Å². The number of thiocarbonyl (C=S) groups is 1. The number of morpholine rings is 1. The van der Waals surface area contributed by atoms with Crippen molar-refractivity contribution in [2.24, 2.45) is 0 Å².